The van der Waals surface area contributed by atoms with Gasteiger partial charge in [0.25, 0.3) is 5.91 Å². The van der Waals surface area contributed by atoms with Crippen LogP contribution in [0.15, 0.2) is 30.3 Å². The smallest absolute Gasteiger partial charge is 0.408 e. The third kappa shape index (κ3) is 15.9. The quantitative estimate of drug-likeness (QED) is 0.255. The highest BCUT2D eigenvalue weighted by molar-refractivity contribution is 5.90. The molecule has 11 nitrogen and oxygen atoms in total. The SMILES string of the molecule is CC(C)(C)OC(=O)CC[C@H](NC(=O)C(F)(F)CC(NC(=O)OCc1ccccc1)C(=O)OC(C)(C)C)C(=O)OC(C)(C)C. The van der Waals surface area contributed by atoms with E-state index in [-0.39, 0.29) is 13.0 Å². The van der Waals surface area contributed by atoms with Gasteiger partial charge in [-0.3, -0.25) is 9.59 Å². The second-order valence-electron chi connectivity index (χ2n) is 12.9. The number of carbonyl (C=O) groups is 5. The molecule has 242 valence electrons. The highest BCUT2D eigenvalue weighted by Crippen LogP contribution is 2.24. The summed E-state index contributed by atoms with van der Waals surface area (Å²) < 4.78 is 51.2. The molecule has 2 amide bonds. The topological polar surface area (TPSA) is 146 Å². The number of carbonyl (C=O) groups excluding carboxylic acids is 5. The lowest BCUT2D eigenvalue weighted by Crippen LogP contribution is -2.54. The van der Waals surface area contributed by atoms with Crippen LogP contribution in [0.2, 0.25) is 0 Å². The molecule has 1 rings (SSSR count). The van der Waals surface area contributed by atoms with E-state index in [0.29, 0.717) is 5.56 Å². The fourth-order valence-corrected chi connectivity index (χ4v) is 3.36. The summed E-state index contributed by atoms with van der Waals surface area (Å²) in [6.45, 7) is 13.8. The first-order valence-corrected chi connectivity index (χ1v) is 13.8. The molecule has 0 bridgehead atoms. The number of amides is 2. The van der Waals surface area contributed by atoms with Crippen LogP contribution in [0.5, 0.6) is 0 Å². The Morgan fingerprint density at radius 1 is 0.721 bits per heavy atom. The van der Waals surface area contributed by atoms with E-state index in [4.69, 9.17) is 18.9 Å². The molecule has 1 unspecified atom stereocenters. The van der Waals surface area contributed by atoms with Gasteiger partial charge >= 0.3 is 29.9 Å². The number of alkyl halides is 2. The molecule has 0 aliphatic rings. The third-order valence-electron chi connectivity index (χ3n) is 5.04. The number of ether oxygens (including phenoxy) is 4. The van der Waals surface area contributed by atoms with Crippen molar-refractivity contribution in [3.8, 4) is 0 Å². The Morgan fingerprint density at radius 3 is 1.70 bits per heavy atom. The second-order valence-corrected chi connectivity index (χ2v) is 12.9. The predicted molar refractivity (Wildman–Crippen MR) is 152 cm³/mol. The summed E-state index contributed by atoms with van der Waals surface area (Å²) >= 11 is 0. The summed E-state index contributed by atoms with van der Waals surface area (Å²) in [6, 6.07) is 4.86. The lowest BCUT2D eigenvalue weighted by atomic mass is 10.1. The first-order valence-electron chi connectivity index (χ1n) is 13.8. The average molecular weight is 615 g/mol. The van der Waals surface area contributed by atoms with Gasteiger partial charge < -0.3 is 29.6 Å². The molecule has 0 aromatic heterocycles. The molecule has 1 aromatic carbocycles. The molecule has 2 atom stereocenters. The molecule has 0 aliphatic carbocycles. The van der Waals surface area contributed by atoms with Crippen LogP contribution in [0.3, 0.4) is 0 Å². The summed E-state index contributed by atoms with van der Waals surface area (Å²) in [7, 11) is 0. The number of hydrogen-bond donors (Lipinski definition) is 2. The van der Waals surface area contributed by atoms with E-state index in [9.17, 15) is 24.0 Å². The standard InChI is InChI=1S/C30H44F2N2O9/c1-27(2,3)41-22(35)16-15-20(23(36)42-28(4,5)6)33-25(38)30(31,32)17-21(24(37)43-29(7,8)9)34-26(39)40-18-19-13-11-10-12-14-19/h10-14,20-21H,15-18H2,1-9H3,(H,33,38)(H,34,39)/t20-,21?/m0/s1. The van der Waals surface area contributed by atoms with Crippen molar-refractivity contribution in [3.63, 3.8) is 0 Å². The number of hydrogen-bond acceptors (Lipinski definition) is 9. The molecular formula is C30H44F2N2O9. The number of halogens is 2. The zero-order valence-electron chi connectivity index (χ0n) is 26.3. The molecule has 43 heavy (non-hydrogen) atoms. The fourth-order valence-electron chi connectivity index (χ4n) is 3.36. The molecule has 0 fully saturated rings. The van der Waals surface area contributed by atoms with Crippen LogP contribution in [-0.2, 0) is 44.7 Å². The van der Waals surface area contributed by atoms with E-state index in [1.807, 2.05) is 10.6 Å². The minimum Gasteiger partial charge on any atom is -0.460 e. The largest absolute Gasteiger partial charge is 0.460 e. The first-order chi connectivity index (χ1) is 19.5. The molecule has 2 N–H and O–H groups in total. The Morgan fingerprint density at radius 2 is 1.21 bits per heavy atom. The van der Waals surface area contributed by atoms with Crippen molar-refractivity contribution in [3.05, 3.63) is 35.9 Å². The van der Waals surface area contributed by atoms with Crippen LogP contribution in [0.1, 0.15) is 87.1 Å². The first kappa shape index (κ1) is 37.3. The van der Waals surface area contributed by atoms with Crippen LogP contribution in [0, 0.1) is 0 Å². The Balaban J connectivity index is 3.10. The van der Waals surface area contributed by atoms with Crippen molar-refractivity contribution in [2.24, 2.45) is 0 Å². The lowest BCUT2D eigenvalue weighted by molar-refractivity contribution is -0.166. The van der Waals surface area contributed by atoms with E-state index >= 15 is 8.78 Å². The maximum absolute atomic E-state index is 15.3. The van der Waals surface area contributed by atoms with Crippen LogP contribution in [0.4, 0.5) is 13.6 Å². The van der Waals surface area contributed by atoms with Gasteiger partial charge in [-0.15, -0.1) is 0 Å². The van der Waals surface area contributed by atoms with Crippen molar-refractivity contribution in [2.45, 2.75) is 123 Å². The molecule has 13 heteroatoms. The van der Waals surface area contributed by atoms with E-state index in [0.717, 1.165) is 0 Å². The number of esters is 3. The van der Waals surface area contributed by atoms with E-state index in [1.54, 1.807) is 71.9 Å². The predicted octanol–water partition coefficient (Wildman–Crippen LogP) is 4.60. The van der Waals surface area contributed by atoms with Gasteiger partial charge in [-0.05, 0) is 74.3 Å². The van der Waals surface area contributed by atoms with Crippen LogP contribution < -0.4 is 10.6 Å². The van der Waals surface area contributed by atoms with Crippen LogP contribution in [-0.4, -0.2) is 64.7 Å². The van der Waals surface area contributed by atoms with Crippen molar-refractivity contribution in [1.29, 1.82) is 0 Å². The van der Waals surface area contributed by atoms with Gasteiger partial charge in [0.15, 0.2) is 0 Å². The van der Waals surface area contributed by atoms with Gasteiger partial charge in [0.05, 0.1) is 6.42 Å². The zero-order valence-corrected chi connectivity index (χ0v) is 26.3. The molecule has 0 aliphatic heterocycles. The Hall–Kier alpha value is -3.77. The fraction of sp³-hybridized carbons (Fsp3) is 0.633. The van der Waals surface area contributed by atoms with Gasteiger partial charge in [-0.25, -0.2) is 14.4 Å². The maximum atomic E-state index is 15.3. The normalized spacial score (nSPS) is 13.7. The molecular weight excluding hydrogens is 570 g/mol. The molecule has 1 aromatic rings. The Labute approximate surface area is 251 Å². The number of alkyl carbamates (subject to hydrolysis) is 1. The lowest BCUT2D eigenvalue weighted by Gasteiger charge is -2.28. The Kier molecular flexibility index (Phi) is 13.1. The van der Waals surface area contributed by atoms with Crippen molar-refractivity contribution in [1.82, 2.24) is 10.6 Å². The maximum Gasteiger partial charge on any atom is 0.408 e. The monoisotopic (exact) mass is 614 g/mol. The second kappa shape index (κ2) is 15.1. The molecule has 0 saturated heterocycles. The van der Waals surface area contributed by atoms with E-state index in [2.05, 4.69) is 0 Å². The summed E-state index contributed by atoms with van der Waals surface area (Å²) in [4.78, 5) is 62.9. The summed E-state index contributed by atoms with van der Waals surface area (Å²) in [5.41, 5.74) is -2.36. The molecule has 0 heterocycles. The minimum absolute atomic E-state index is 0.209. The van der Waals surface area contributed by atoms with E-state index in [1.165, 1.54) is 20.8 Å². The van der Waals surface area contributed by atoms with Crippen molar-refractivity contribution in [2.75, 3.05) is 0 Å². The van der Waals surface area contributed by atoms with Crippen molar-refractivity contribution < 1.29 is 51.7 Å². The van der Waals surface area contributed by atoms with Crippen LogP contribution in [0.25, 0.3) is 0 Å². The zero-order chi connectivity index (χ0) is 33.2. The molecule has 0 spiro atoms. The third-order valence-corrected chi connectivity index (χ3v) is 5.04. The molecule has 0 radical (unpaired) electrons. The number of rotatable bonds is 12. The van der Waals surface area contributed by atoms with Gasteiger partial charge in [-0.2, -0.15) is 8.78 Å². The number of nitrogens with one attached hydrogen (secondary N) is 2. The van der Waals surface area contributed by atoms with Crippen LogP contribution >= 0.6 is 0 Å². The van der Waals surface area contributed by atoms with Gasteiger partial charge in [0, 0.05) is 6.42 Å². The number of benzene rings is 1. The highest BCUT2D eigenvalue weighted by atomic mass is 19.3. The van der Waals surface area contributed by atoms with Gasteiger partial charge in [-0.1, -0.05) is 30.3 Å². The minimum atomic E-state index is -4.29. The summed E-state index contributed by atoms with van der Waals surface area (Å²) in [6.07, 6.45) is -3.49. The van der Waals surface area contributed by atoms with E-state index < -0.39 is 77.6 Å². The van der Waals surface area contributed by atoms with Gasteiger partial charge in [0.2, 0.25) is 0 Å². The summed E-state index contributed by atoms with van der Waals surface area (Å²) in [5.74, 6) is -9.22. The average Bonchev–Trinajstić information content (AvgIpc) is 2.82. The van der Waals surface area contributed by atoms with Gasteiger partial charge in [0.1, 0.15) is 35.5 Å². The molecule has 0 saturated carbocycles. The van der Waals surface area contributed by atoms with Crippen molar-refractivity contribution >= 4 is 29.9 Å². The Bertz CT molecular complexity index is 1120. The summed E-state index contributed by atoms with van der Waals surface area (Å²) in [5, 5.41) is 3.96. The highest BCUT2D eigenvalue weighted by Gasteiger charge is 2.46.